The summed E-state index contributed by atoms with van der Waals surface area (Å²) in [4.78, 5) is 28.6. The van der Waals surface area contributed by atoms with Gasteiger partial charge in [0.2, 0.25) is 11.8 Å². The molecule has 2 N–H and O–H groups in total. The van der Waals surface area contributed by atoms with E-state index < -0.39 is 0 Å². The number of unbranched alkanes of at least 4 members (excludes halogenated alkanes) is 3. The molecule has 3 rings (SSSR count). The zero-order valence-electron chi connectivity index (χ0n) is 18.8. The van der Waals surface area contributed by atoms with Crippen LogP contribution in [0.25, 0.3) is 0 Å². The maximum atomic E-state index is 13.2. The first-order valence-electron chi connectivity index (χ1n) is 11.8. The molecule has 6 heteroatoms. The number of benzene rings is 2. The van der Waals surface area contributed by atoms with Crippen LogP contribution in [0.2, 0.25) is 0 Å². The Morgan fingerprint density at radius 2 is 1.56 bits per heavy atom. The van der Waals surface area contributed by atoms with Crippen LogP contribution in [0.5, 0.6) is 0 Å². The van der Waals surface area contributed by atoms with Crippen molar-refractivity contribution in [2.75, 3.05) is 29.4 Å². The molecule has 0 unspecified atom stereocenters. The number of rotatable bonds is 11. The minimum absolute atomic E-state index is 0.0987. The third-order valence-corrected chi connectivity index (χ3v) is 6.04. The van der Waals surface area contributed by atoms with Crippen LogP contribution in [0.1, 0.15) is 56.9 Å². The largest absolute Gasteiger partial charge is 0.372 e. The molecule has 1 fully saturated rings. The van der Waals surface area contributed by atoms with Crippen molar-refractivity contribution in [1.82, 2.24) is 5.48 Å². The number of carbonyl (C=O) groups excluding carboxylic acids is 2. The molecule has 2 aromatic rings. The summed E-state index contributed by atoms with van der Waals surface area (Å²) in [5, 5.41) is 8.57. The van der Waals surface area contributed by atoms with Gasteiger partial charge in [0.1, 0.15) is 0 Å². The summed E-state index contributed by atoms with van der Waals surface area (Å²) >= 11 is 0. The van der Waals surface area contributed by atoms with Gasteiger partial charge in [0.15, 0.2) is 0 Å². The lowest BCUT2D eigenvalue weighted by Crippen LogP contribution is -2.33. The highest BCUT2D eigenvalue weighted by atomic mass is 16.5. The normalized spacial score (nSPS) is 13.6. The third kappa shape index (κ3) is 7.38. The first-order valence-corrected chi connectivity index (χ1v) is 11.8. The zero-order chi connectivity index (χ0) is 22.6. The second kappa shape index (κ2) is 12.9. The molecule has 2 aromatic carbocycles. The number of hydrogen-bond donors (Lipinski definition) is 2. The molecule has 1 heterocycles. The fourth-order valence-electron chi connectivity index (χ4n) is 4.22. The molecule has 172 valence electrons. The van der Waals surface area contributed by atoms with E-state index in [-0.39, 0.29) is 11.8 Å². The number of amides is 2. The molecule has 32 heavy (non-hydrogen) atoms. The number of hydrogen-bond acceptors (Lipinski definition) is 4. The number of anilines is 2. The van der Waals surface area contributed by atoms with Gasteiger partial charge in [-0.1, -0.05) is 43.2 Å². The summed E-state index contributed by atoms with van der Waals surface area (Å²) in [5.74, 6) is -0.250. The zero-order valence-corrected chi connectivity index (χ0v) is 18.8. The predicted octanol–water partition coefficient (Wildman–Crippen LogP) is 4.71. The minimum Gasteiger partial charge on any atom is -0.372 e. The maximum Gasteiger partial charge on any atom is 0.243 e. The van der Waals surface area contributed by atoms with Crippen molar-refractivity contribution in [3.05, 3.63) is 60.2 Å². The Morgan fingerprint density at radius 3 is 2.25 bits per heavy atom. The van der Waals surface area contributed by atoms with E-state index >= 15 is 0 Å². The van der Waals surface area contributed by atoms with Crippen molar-refractivity contribution in [2.24, 2.45) is 0 Å². The molecule has 2 amide bonds. The Bertz CT molecular complexity index is 833. The van der Waals surface area contributed by atoms with Crippen molar-refractivity contribution >= 4 is 23.2 Å². The van der Waals surface area contributed by atoms with Gasteiger partial charge in [-0.2, -0.15) is 0 Å². The second-order valence-electron chi connectivity index (χ2n) is 8.47. The van der Waals surface area contributed by atoms with Crippen LogP contribution in [0, 0.1) is 0 Å². The molecule has 0 bridgehead atoms. The van der Waals surface area contributed by atoms with Crippen LogP contribution in [0.15, 0.2) is 54.6 Å². The number of hydroxylamine groups is 1. The van der Waals surface area contributed by atoms with E-state index in [2.05, 4.69) is 29.2 Å². The van der Waals surface area contributed by atoms with Crippen LogP contribution in [0.4, 0.5) is 11.4 Å². The van der Waals surface area contributed by atoms with Crippen molar-refractivity contribution in [2.45, 2.75) is 57.8 Å². The smallest absolute Gasteiger partial charge is 0.243 e. The van der Waals surface area contributed by atoms with Gasteiger partial charge in [-0.15, -0.1) is 0 Å². The summed E-state index contributed by atoms with van der Waals surface area (Å²) in [5.41, 5.74) is 4.85. The van der Waals surface area contributed by atoms with E-state index in [0.29, 0.717) is 19.4 Å². The first kappa shape index (κ1) is 23.8. The fraction of sp³-hybridized carbons (Fsp3) is 0.462. The SMILES string of the molecule is O=C(CCCCCCN(C(=O)Cc1ccccc1)c1ccc(N2CCCCC2)cc1)NO. The fourth-order valence-corrected chi connectivity index (χ4v) is 4.22. The van der Waals surface area contributed by atoms with Crippen molar-refractivity contribution in [3.63, 3.8) is 0 Å². The third-order valence-electron chi connectivity index (χ3n) is 6.04. The molecular formula is C26H35N3O3. The summed E-state index contributed by atoms with van der Waals surface area (Å²) in [6, 6.07) is 18.3. The lowest BCUT2D eigenvalue weighted by Gasteiger charge is -2.29. The van der Waals surface area contributed by atoms with Crippen molar-refractivity contribution in [1.29, 1.82) is 0 Å². The van der Waals surface area contributed by atoms with Gasteiger partial charge in [-0.05, 0) is 61.9 Å². The van der Waals surface area contributed by atoms with Crippen molar-refractivity contribution < 1.29 is 14.8 Å². The van der Waals surface area contributed by atoms with Gasteiger partial charge in [0.25, 0.3) is 0 Å². The van der Waals surface area contributed by atoms with Gasteiger partial charge in [0, 0.05) is 37.4 Å². The number of piperidine rings is 1. The van der Waals surface area contributed by atoms with Crippen LogP contribution < -0.4 is 15.3 Å². The number of carbonyl (C=O) groups is 2. The Morgan fingerprint density at radius 1 is 0.875 bits per heavy atom. The average molecular weight is 438 g/mol. The molecular weight excluding hydrogens is 402 g/mol. The van der Waals surface area contributed by atoms with E-state index in [1.165, 1.54) is 24.9 Å². The number of nitrogens with one attached hydrogen (secondary N) is 1. The summed E-state index contributed by atoms with van der Waals surface area (Å²) in [7, 11) is 0. The standard InChI is InChI=1S/C26H35N3O3/c30-25(27-32)13-7-1-2-10-20-29(26(31)21-22-11-5-3-6-12-22)24-16-14-23(15-17-24)28-18-8-4-9-19-28/h3,5-6,11-12,14-17,32H,1-2,4,7-10,13,18-21H2,(H,27,30). The highest BCUT2D eigenvalue weighted by Crippen LogP contribution is 2.25. The quantitative estimate of drug-likeness (QED) is 0.303. The molecule has 1 aliphatic rings. The van der Waals surface area contributed by atoms with Gasteiger partial charge in [-0.3, -0.25) is 14.8 Å². The van der Waals surface area contributed by atoms with Gasteiger partial charge >= 0.3 is 0 Å². The van der Waals surface area contributed by atoms with Gasteiger partial charge < -0.3 is 9.80 Å². The molecule has 0 aliphatic carbocycles. The van der Waals surface area contributed by atoms with E-state index in [1.54, 1.807) is 5.48 Å². The lowest BCUT2D eigenvalue weighted by atomic mass is 10.1. The van der Waals surface area contributed by atoms with E-state index in [0.717, 1.165) is 50.0 Å². The van der Waals surface area contributed by atoms with E-state index in [9.17, 15) is 9.59 Å². The van der Waals surface area contributed by atoms with E-state index in [1.807, 2.05) is 35.2 Å². The molecule has 0 saturated carbocycles. The Balaban J connectivity index is 1.61. The Hall–Kier alpha value is -2.86. The minimum atomic E-state index is -0.349. The molecule has 0 atom stereocenters. The molecule has 0 aromatic heterocycles. The van der Waals surface area contributed by atoms with Gasteiger partial charge in [-0.25, -0.2) is 5.48 Å². The Labute approximate surface area is 191 Å². The summed E-state index contributed by atoms with van der Waals surface area (Å²) in [6.07, 6.45) is 7.91. The monoisotopic (exact) mass is 437 g/mol. The van der Waals surface area contributed by atoms with E-state index in [4.69, 9.17) is 5.21 Å². The lowest BCUT2D eigenvalue weighted by molar-refractivity contribution is -0.129. The van der Waals surface area contributed by atoms with Crippen LogP contribution in [-0.2, 0) is 16.0 Å². The highest BCUT2D eigenvalue weighted by Gasteiger charge is 2.17. The summed E-state index contributed by atoms with van der Waals surface area (Å²) < 4.78 is 0. The highest BCUT2D eigenvalue weighted by molar-refractivity contribution is 5.94. The molecule has 0 spiro atoms. The van der Waals surface area contributed by atoms with Crippen LogP contribution in [0.3, 0.4) is 0 Å². The topological polar surface area (TPSA) is 72.9 Å². The van der Waals surface area contributed by atoms with Crippen LogP contribution >= 0.6 is 0 Å². The number of nitrogens with zero attached hydrogens (tertiary/aromatic N) is 2. The molecule has 1 saturated heterocycles. The average Bonchev–Trinajstić information content (AvgIpc) is 2.84. The van der Waals surface area contributed by atoms with Crippen molar-refractivity contribution in [3.8, 4) is 0 Å². The molecule has 6 nitrogen and oxygen atoms in total. The van der Waals surface area contributed by atoms with Crippen LogP contribution in [-0.4, -0.2) is 36.7 Å². The first-order chi connectivity index (χ1) is 15.7. The van der Waals surface area contributed by atoms with Gasteiger partial charge in [0.05, 0.1) is 6.42 Å². The Kier molecular flexibility index (Phi) is 9.57. The predicted molar refractivity (Wildman–Crippen MR) is 128 cm³/mol. The second-order valence-corrected chi connectivity index (χ2v) is 8.47. The molecule has 0 radical (unpaired) electrons. The maximum absolute atomic E-state index is 13.2. The molecule has 1 aliphatic heterocycles. The summed E-state index contributed by atoms with van der Waals surface area (Å²) in [6.45, 7) is 2.86.